The summed E-state index contributed by atoms with van der Waals surface area (Å²) >= 11 is 0. The fraction of sp³-hybridized carbons (Fsp3) is 0.625. The summed E-state index contributed by atoms with van der Waals surface area (Å²) < 4.78 is 0. The number of hydrogen-bond donors (Lipinski definition) is 1. The molecule has 0 aromatic heterocycles. The zero-order valence-electron chi connectivity index (χ0n) is 12.3. The molecule has 1 aromatic rings. The van der Waals surface area contributed by atoms with Gasteiger partial charge in [0.25, 0.3) is 0 Å². The Labute approximate surface area is 116 Å². The van der Waals surface area contributed by atoms with Crippen molar-refractivity contribution in [1.29, 1.82) is 0 Å². The van der Waals surface area contributed by atoms with Crippen LogP contribution in [0.3, 0.4) is 0 Å². The van der Waals surface area contributed by atoms with Gasteiger partial charge in [-0.15, -0.1) is 0 Å². The van der Waals surface area contributed by atoms with E-state index in [4.69, 9.17) is 0 Å². The van der Waals surface area contributed by atoms with E-state index in [2.05, 4.69) is 60.4 Å². The zero-order valence-corrected chi connectivity index (χ0v) is 12.3. The largest absolute Gasteiger partial charge is 0.378 e. The molecule has 3 nitrogen and oxygen atoms in total. The molecule has 0 bridgehead atoms. The van der Waals surface area contributed by atoms with E-state index in [0.29, 0.717) is 6.04 Å². The van der Waals surface area contributed by atoms with Crippen molar-refractivity contribution in [2.24, 2.45) is 11.8 Å². The first-order valence-corrected chi connectivity index (χ1v) is 7.37. The molecule has 1 aromatic carbocycles. The van der Waals surface area contributed by atoms with Crippen LogP contribution in [0, 0.1) is 11.8 Å². The van der Waals surface area contributed by atoms with Gasteiger partial charge in [-0.2, -0.15) is 0 Å². The molecule has 2 fully saturated rings. The predicted octanol–water partition coefficient (Wildman–Crippen LogP) is 1.96. The van der Waals surface area contributed by atoms with Crippen LogP contribution in [0.15, 0.2) is 24.3 Å². The van der Waals surface area contributed by atoms with Gasteiger partial charge in [-0.25, -0.2) is 0 Å². The lowest BCUT2D eigenvalue weighted by Crippen LogP contribution is -2.28. The lowest BCUT2D eigenvalue weighted by Gasteiger charge is -2.26. The van der Waals surface area contributed by atoms with Crippen molar-refractivity contribution in [3.8, 4) is 0 Å². The van der Waals surface area contributed by atoms with Crippen molar-refractivity contribution in [3.63, 3.8) is 0 Å². The van der Waals surface area contributed by atoms with Crippen molar-refractivity contribution < 1.29 is 0 Å². The third-order valence-electron chi connectivity index (χ3n) is 4.86. The summed E-state index contributed by atoms with van der Waals surface area (Å²) in [5.41, 5.74) is 2.72. The highest BCUT2D eigenvalue weighted by atomic mass is 15.2. The Hall–Kier alpha value is -1.06. The summed E-state index contributed by atoms with van der Waals surface area (Å²) in [4.78, 5) is 4.81. The van der Waals surface area contributed by atoms with Crippen molar-refractivity contribution in [1.82, 2.24) is 10.2 Å². The maximum Gasteiger partial charge on any atom is 0.0361 e. The van der Waals surface area contributed by atoms with Crippen molar-refractivity contribution in [3.05, 3.63) is 29.8 Å². The first-order valence-electron chi connectivity index (χ1n) is 7.37. The molecule has 2 saturated heterocycles. The molecule has 3 unspecified atom stereocenters. The van der Waals surface area contributed by atoms with Crippen molar-refractivity contribution >= 4 is 5.69 Å². The maximum absolute atomic E-state index is 3.51. The van der Waals surface area contributed by atoms with E-state index >= 15 is 0 Å². The highest BCUT2D eigenvalue weighted by molar-refractivity contribution is 5.46. The molecule has 2 aliphatic rings. The molecule has 1 N–H and O–H groups in total. The smallest absolute Gasteiger partial charge is 0.0361 e. The second kappa shape index (κ2) is 5.14. The molecular weight excluding hydrogens is 234 g/mol. The molecule has 0 amide bonds. The van der Waals surface area contributed by atoms with Crippen LogP contribution in [0.25, 0.3) is 0 Å². The summed E-state index contributed by atoms with van der Waals surface area (Å²) in [5.74, 6) is 1.76. The minimum absolute atomic E-state index is 0.543. The van der Waals surface area contributed by atoms with Crippen LogP contribution < -0.4 is 10.2 Å². The van der Waals surface area contributed by atoms with Gasteiger partial charge in [-0.3, -0.25) is 4.90 Å². The Morgan fingerprint density at radius 3 is 2.21 bits per heavy atom. The Kier molecular flexibility index (Phi) is 3.50. The quantitative estimate of drug-likeness (QED) is 0.895. The maximum atomic E-state index is 3.51. The van der Waals surface area contributed by atoms with Crippen LogP contribution in [-0.2, 0) is 0 Å². The van der Waals surface area contributed by atoms with Gasteiger partial charge in [0.05, 0.1) is 0 Å². The Balaban J connectivity index is 1.68. The second-order valence-electron chi connectivity index (χ2n) is 6.29. The van der Waals surface area contributed by atoms with E-state index in [0.717, 1.165) is 11.8 Å². The van der Waals surface area contributed by atoms with Crippen molar-refractivity contribution in [2.75, 3.05) is 45.2 Å². The number of likely N-dealkylation sites (tertiary alicyclic amines) is 1. The van der Waals surface area contributed by atoms with Gasteiger partial charge in [0.1, 0.15) is 0 Å². The van der Waals surface area contributed by atoms with Crippen LogP contribution in [-0.4, -0.2) is 45.2 Å². The summed E-state index contributed by atoms with van der Waals surface area (Å²) in [6.45, 7) is 7.29. The normalized spacial score (nSPS) is 28.4. The zero-order chi connectivity index (χ0) is 13.4. The molecule has 0 saturated carbocycles. The summed E-state index contributed by atoms with van der Waals surface area (Å²) in [7, 11) is 4.18. The lowest BCUT2D eigenvalue weighted by molar-refractivity contribution is 0.244. The topological polar surface area (TPSA) is 18.5 Å². The fourth-order valence-electron chi connectivity index (χ4n) is 3.47. The number of nitrogens with one attached hydrogen (secondary N) is 1. The third kappa shape index (κ3) is 2.49. The molecule has 104 valence electrons. The van der Waals surface area contributed by atoms with Gasteiger partial charge in [0, 0.05) is 38.9 Å². The predicted molar refractivity (Wildman–Crippen MR) is 80.6 cm³/mol. The average Bonchev–Trinajstić information content (AvgIpc) is 2.98. The number of anilines is 1. The number of fused-ring (bicyclic) bond motifs is 1. The molecule has 3 heteroatoms. The van der Waals surface area contributed by atoms with E-state index in [1.807, 2.05) is 0 Å². The van der Waals surface area contributed by atoms with Crippen LogP contribution in [0.1, 0.15) is 18.5 Å². The highest BCUT2D eigenvalue weighted by Crippen LogP contribution is 2.33. The van der Waals surface area contributed by atoms with Crippen LogP contribution in [0.5, 0.6) is 0 Å². The van der Waals surface area contributed by atoms with E-state index in [1.165, 1.54) is 37.4 Å². The molecule has 0 radical (unpaired) electrons. The van der Waals surface area contributed by atoms with Crippen LogP contribution in [0.4, 0.5) is 5.69 Å². The molecule has 3 atom stereocenters. The molecule has 2 heterocycles. The van der Waals surface area contributed by atoms with E-state index < -0.39 is 0 Å². The molecule has 3 rings (SSSR count). The SMILES string of the molecule is CC(c1ccc(N(C)C)cc1)N1CC2CNCC2C1. The molecular formula is C16H25N3. The first-order chi connectivity index (χ1) is 9.15. The van der Waals surface area contributed by atoms with Gasteiger partial charge in [-0.05, 0) is 49.5 Å². The second-order valence-corrected chi connectivity index (χ2v) is 6.29. The number of nitrogens with zero attached hydrogens (tertiary/aromatic N) is 2. The monoisotopic (exact) mass is 259 g/mol. The fourth-order valence-corrected chi connectivity index (χ4v) is 3.47. The molecule has 0 aliphatic carbocycles. The standard InChI is InChI=1S/C16H25N3/c1-12(13-4-6-16(7-5-13)18(2)3)19-10-14-8-17-9-15(14)11-19/h4-7,12,14-15,17H,8-11H2,1-3H3. The van der Waals surface area contributed by atoms with Crippen LogP contribution >= 0.6 is 0 Å². The molecule has 0 spiro atoms. The summed E-state index contributed by atoms with van der Waals surface area (Å²) in [6, 6.07) is 9.56. The van der Waals surface area contributed by atoms with E-state index in [-0.39, 0.29) is 0 Å². The number of rotatable bonds is 3. The third-order valence-corrected chi connectivity index (χ3v) is 4.86. The summed E-state index contributed by atoms with van der Waals surface area (Å²) in [6.07, 6.45) is 0. The molecule has 2 aliphatic heterocycles. The number of benzene rings is 1. The Morgan fingerprint density at radius 1 is 1.11 bits per heavy atom. The Morgan fingerprint density at radius 2 is 1.68 bits per heavy atom. The molecule has 19 heavy (non-hydrogen) atoms. The lowest BCUT2D eigenvalue weighted by atomic mass is 10.0. The minimum Gasteiger partial charge on any atom is -0.378 e. The van der Waals surface area contributed by atoms with Crippen molar-refractivity contribution in [2.45, 2.75) is 13.0 Å². The Bertz CT molecular complexity index is 414. The van der Waals surface area contributed by atoms with Gasteiger partial charge in [0.2, 0.25) is 0 Å². The van der Waals surface area contributed by atoms with E-state index in [9.17, 15) is 0 Å². The van der Waals surface area contributed by atoms with Crippen LogP contribution in [0.2, 0.25) is 0 Å². The number of hydrogen-bond acceptors (Lipinski definition) is 3. The first kappa shape index (κ1) is 12.9. The van der Waals surface area contributed by atoms with Gasteiger partial charge in [0.15, 0.2) is 0 Å². The van der Waals surface area contributed by atoms with E-state index in [1.54, 1.807) is 0 Å². The van der Waals surface area contributed by atoms with Gasteiger partial charge < -0.3 is 10.2 Å². The van der Waals surface area contributed by atoms with Gasteiger partial charge in [-0.1, -0.05) is 12.1 Å². The summed E-state index contributed by atoms with van der Waals surface area (Å²) in [5, 5.41) is 3.51. The van der Waals surface area contributed by atoms with Gasteiger partial charge >= 0.3 is 0 Å². The average molecular weight is 259 g/mol. The minimum atomic E-state index is 0.543. The highest BCUT2D eigenvalue weighted by Gasteiger charge is 2.37.